The Balaban J connectivity index is 1.54. The van der Waals surface area contributed by atoms with Crippen LogP contribution in [-0.2, 0) is 16.1 Å². The van der Waals surface area contributed by atoms with Crippen LogP contribution in [0.5, 0.6) is 11.5 Å². The number of carbonyl (C=O) groups is 3. The smallest absolute Gasteiger partial charge is 0.338 e. The van der Waals surface area contributed by atoms with E-state index in [4.69, 9.17) is 14.2 Å². The highest BCUT2D eigenvalue weighted by Crippen LogP contribution is 2.32. The quantitative estimate of drug-likeness (QED) is 0.182. The van der Waals surface area contributed by atoms with Crippen LogP contribution >= 0.6 is 11.8 Å². The monoisotopic (exact) mass is 589 g/mol. The number of rotatable bonds is 12. The number of methoxy groups -OCH3 is 2. The average Bonchev–Trinajstić information content (AvgIpc) is 3.41. The van der Waals surface area contributed by atoms with Crippen molar-refractivity contribution >= 4 is 35.2 Å². The predicted octanol–water partition coefficient (Wildman–Crippen LogP) is 4.43. The highest BCUT2D eigenvalue weighted by molar-refractivity contribution is 7.99. The highest BCUT2D eigenvalue weighted by Gasteiger charge is 2.20. The van der Waals surface area contributed by atoms with Crippen molar-refractivity contribution < 1.29 is 28.6 Å². The maximum Gasteiger partial charge on any atom is 0.338 e. The molecule has 0 saturated carbocycles. The first-order valence-electron chi connectivity index (χ1n) is 13.0. The van der Waals surface area contributed by atoms with E-state index in [0.717, 1.165) is 17.3 Å². The Morgan fingerprint density at radius 2 is 1.71 bits per heavy atom. The van der Waals surface area contributed by atoms with Crippen LogP contribution in [0.25, 0.3) is 5.69 Å². The van der Waals surface area contributed by atoms with Gasteiger partial charge in [0.2, 0.25) is 5.91 Å². The Hall–Kier alpha value is -4.84. The molecule has 218 valence electrons. The second kappa shape index (κ2) is 14.2. The van der Waals surface area contributed by atoms with Crippen molar-refractivity contribution in [2.45, 2.75) is 25.5 Å². The molecule has 4 rings (SSSR count). The second-order valence-corrected chi connectivity index (χ2v) is 9.90. The SMILES string of the molecule is CCOC(=O)c1ccc(NC(=O)CSc2nnc(CNC(=O)c3cccc(C)c3)n2-c2cc(OC)ccc2OC)cc1. The van der Waals surface area contributed by atoms with Gasteiger partial charge in [0.25, 0.3) is 5.91 Å². The molecule has 11 nitrogen and oxygen atoms in total. The summed E-state index contributed by atoms with van der Waals surface area (Å²) >= 11 is 1.16. The van der Waals surface area contributed by atoms with Crippen molar-refractivity contribution in [3.63, 3.8) is 0 Å². The van der Waals surface area contributed by atoms with Crippen LogP contribution in [-0.4, -0.2) is 59.1 Å². The lowest BCUT2D eigenvalue weighted by Crippen LogP contribution is -2.24. The van der Waals surface area contributed by atoms with Gasteiger partial charge in [0.05, 0.1) is 44.4 Å². The average molecular weight is 590 g/mol. The summed E-state index contributed by atoms with van der Waals surface area (Å²) in [5.74, 6) is 0.576. The fourth-order valence-electron chi connectivity index (χ4n) is 4.00. The van der Waals surface area contributed by atoms with Crippen molar-refractivity contribution in [2.24, 2.45) is 0 Å². The molecule has 3 aromatic carbocycles. The highest BCUT2D eigenvalue weighted by atomic mass is 32.2. The normalized spacial score (nSPS) is 10.6. The molecule has 4 aromatic rings. The lowest BCUT2D eigenvalue weighted by molar-refractivity contribution is -0.113. The minimum absolute atomic E-state index is 0.0136. The molecule has 42 heavy (non-hydrogen) atoms. The maximum atomic E-state index is 12.8. The molecule has 2 amide bonds. The number of anilines is 1. The number of esters is 1. The Labute approximate surface area is 247 Å². The van der Waals surface area contributed by atoms with Crippen molar-refractivity contribution in [2.75, 3.05) is 31.9 Å². The van der Waals surface area contributed by atoms with Crippen molar-refractivity contribution in [3.8, 4) is 17.2 Å². The van der Waals surface area contributed by atoms with Gasteiger partial charge in [-0.05, 0) is 62.4 Å². The van der Waals surface area contributed by atoms with E-state index in [9.17, 15) is 14.4 Å². The number of aryl methyl sites for hydroxylation is 1. The lowest BCUT2D eigenvalue weighted by Gasteiger charge is -2.15. The third-order valence-electron chi connectivity index (χ3n) is 6.03. The van der Waals surface area contributed by atoms with Crippen LogP contribution in [0.2, 0.25) is 0 Å². The molecule has 0 unspecified atom stereocenters. The molecule has 2 N–H and O–H groups in total. The molecule has 0 atom stereocenters. The van der Waals surface area contributed by atoms with E-state index in [1.165, 1.54) is 0 Å². The summed E-state index contributed by atoms with van der Waals surface area (Å²) in [5.41, 5.74) is 3.01. The van der Waals surface area contributed by atoms with Crippen LogP contribution in [0, 0.1) is 6.92 Å². The van der Waals surface area contributed by atoms with Gasteiger partial charge < -0.3 is 24.8 Å². The third-order valence-corrected chi connectivity index (χ3v) is 6.96. The number of hydrogen-bond donors (Lipinski definition) is 2. The van der Waals surface area contributed by atoms with Crippen molar-refractivity contribution in [3.05, 3.63) is 89.2 Å². The molecule has 0 fully saturated rings. The minimum Gasteiger partial charge on any atom is -0.497 e. The van der Waals surface area contributed by atoms with Gasteiger partial charge in [-0.25, -0.2) is 4.79 Å². The molecular weight excluding hydrogens is 558 g/mol. The first-order valence-corrected chi connectivity index (χ1v) is 14.0. The Morgan fingerprint density at radius 3 is 2.40 bits per heavy atom. The van der Waals surface area contributed by atoms with E-state index in [1.54, 1.807) is 80.3 Å². The van der Waals surface area contributed by atoms with Crippen molar-refractivity contribution in [1.82, 2.24) is 20.1 Å². The zero-order chi connectivity index (χ0) is 30.1. The molecule has 0 aliphatic rings. The molecule has 1 heterocycles. The largest absolute Gasteiger partial charge is 0.497 e. The molecule has 1 aromatic heterocycles. The van der Waals surface area contributed by atoms with Gasteiger partial charge in [-0.15, -0.1) is 10.2 Å². The number of thioether (sulfide) groups is 1. The van der Waals surface area contributed by atoms with E-state index in [1.807, 2.05) is 19.1 Å². The summed E-state index contributed by atoms with van der Waals surface area (Å²) in [5, 5.41) is 14.7. The fourth-order valence-corrected chi connectivity index (χ4v) is 4.76. The number of nitrogens with one attached hydrogen (secondary N) is 2. The standard InChI is InChI=1S/C30H31N5O6S/c1-5-41-29(38)20-9-11-22(12-10-20)32-27(36)18-42-30-34-33-26(17-31-28(37)21-8-6-7-19(2)15-21)35(30)24-16-23(39-3)13-14-25(24)40-4/h6-16H,5,17-18H2,1-4H3,(H,31,37)(H,32,36). The number of nitrogens with zero attached hydrogens (tertiary/aromatic N) is 3. The molecular formula is C30H31N5O6S. The van der Waals surface area contributed by atoms with Gasteiger partial charge in [0.1, 0.15) is 11.5 Å². The summed E-state index contributed by atoms with van der Waals surface area (Å²) in [7, 11) is 3.10. The van der Waals surface area contributed by atoms with E-state index in [2.05, 4.69) is 20.8 Å². The number of amides is 2. The zero-order valence-electron chi connectivity index (χ0n) is 23.7. The van der Waals surface area contributed by atoms with Gasteiger partial charge in [0, 0.05) is 17.3 Å². The van der Waals surface area contributed by atoms with Gasteiger partial charge >= 0.3 is 5.97 Å². The summed E-state index contributed by atoms with van der Waals surface area (Å²) in [6.07, 6.45) is 0. The number of ether oxygens (including phenoxy) is 3. The minimum atomic E-state index is -0.427. The fraction of sp³-hybridized carbons (Fsp3) is 0.233. The van der Waals surface area contributed by atoms with Crippen molar-refractivity contribution in [1.29, 1.82) is 0 Å². The molecule has 0 aliphatic carbocycles. The van der Waals surface area contributed by atoms with Gasteiger partial charge in [0.15, 0.2) is 11.0 Å². The molecule has 0 spiro atoms. The summed E-state index contributed by atoms with van der Waals surface area (Å²) < 4.78 is 17.7. The van der Waals surface area contributed by atoms with Crippen LogP contribution < -0.4 is 20.1 Å². The van der Waals surface area contributed by atoms with E-state index >= 15 is 0 Å². The van der Waals surface area contributed by atoms with Crippen LogP contribution in [0.15, 0.2) is 71.9 Å². The summed E-state index contributed by atoms with van der Waals surface area (Å²) in [4.78, 5) is 37.5. The van der Waals surface area contributed by atoms with E-state index < -0.39 is 5.97 Å². The maximum absolute atomic E-state index is 12.8. The summed E-state index contributed by atoms with van der Waals surface area (Å²) in [6, 6.07) is 19.0. The van der Waals surface area contributed by atoms with Gasteiger partial charge in [-0.2, -0.15) is 0 Å². The number of aromatic nitrogens is 3. The van der Waals surface area contributed by atoms with Gasteiger partial charge in [-0.3, -0.25) is 14.2 Å². The molecule has 12 heteroatoms. The Morgan fingerprint density at radius 1 is 0.929 bits per heavy atom. The van der Waals surface area contributed by atoms with E-state index in [0.29, 0.717) is 45.0 Å². The lowest BCUT2D eigenvalue weighted by atomic mass is 10.1. The second-order valence-electron chi connectivity index (χ2n) is 8.96. The third kappa shape index (κ3) is 7.46. The number of hydrogen-bond acceptors (Lipinski definition) is 9. The molecule has 0 aliphatic heterocycles. The van der Waals surface area contributed by atoms with Crippen LogP contribution in [0.3, 0.4) is 0 Å². The van der Waals surface area contributed by atoms with Crippen LogP contribution in [0.4, 0.5) is 5.69 Å². The Bertz CT molecular complexity index is 1570. The first kappa shape index (κ1) is 30.1. The summed E-state index contributed by atoms with van der Waals surface area (Å²) in [6.45, 7) is 4.00. The zero-order valence-corrected chi connectivity index (χ0v) is 24.5. The molecule has 0 radical (unpaired) electrons. The molecule has 0 bridgehead atoms. The Kier molecular flexibility index (Phi) is 10.2. The number of carbonyl (C=O) groups excluding carboxylic acids is 3. The first-order chi connectivity index (χ1) is 20.3. The van der Waals surface area contributed by atoms with E-state index in [-0.39, 0.29) is 30.7 Å². The molecule has 0 saturated heterocycles. The predicted molar refractivity (Wildman–Crippen MR) is 159 cm³/mol. The van der Waals surface area contributed by atoms with Gasteiger partial charge in [-0.1, -0.05) is 29.5 Å². The number of benzene rings is 3. The topological polar surface area (TPSA) is 134 Å². The van der Waals surface area contributed by atoms with Crippen LogP contribution in [0.1, 0.15) is 39.0 Å².